The van der Waals surface area contributed by atoms with Crippen molar-refractivity contribution in [2.45, 2.75) is 58.3 Å². The highest BCUT2D eigenvalue weighted by molar-refractivity contribution is 5.59. The summed E-state index contributed by atoms with van der Waals surface area (Å²) in [5, 5.41) is 0. The highest BCUT2D eigenvalue weighted by Gasteiger charge is 1.98. The van der Waals surface area contributed by atoms with Gasteiger partial charge in [0.15, 0.2) is 0 Å². The zero-order valence-electron chi connectivity index (χ0n) is 10.8. The van der Waals surface area contributed by atoms with Gasteiger partial charge < -0.3 is 15.6 Å². The molecule has 0 unspecified atom stereocenters. The summed E-state index contributed by atoms with van der Waals surface area (Å²) in [4.78, 5) is 10.6. The Balaban J connectivity index is 0. The van der Waals surface area contributed by atoms with Gasteiger partial charge in [0.2, 0.25) is 0 Å². The van der Waals surface area contributed by atoms with Crippen molar-refractivity contribution in [1.82, 2.24) is 6.15 Å². The van der Waals surface area contributed by atoms with Crippen LogP contribution < -0.4 is 6.15 Å². The maximum Gasteiger partial charge on any atom is 0.507 e. The average molecular weight is 233 g/mol. The molecule has 0 amide bonds. The van der Waals surface area contributed by atoms with E-state index in [9.17, 15) is 4.79 Å². The van der Waals surface area contributed by atoms with Crippen LogP contribution in [0.2, 0.25) is 0 Å². The molecule has 0 spiro atoms. The van der Waals surface area contributed by atoms with Crippen LogP contribution in [0.5, 0.6) is 0 Å². The molecule has 0 radical (unpaired) electrons. The van der Waals surface area contributed by atoms with Crippen LogP contribution in [0.15, 0.2) is 0 Å². The number of hydrogen-bond donors (Lipinski definition) is 1. The van der Waals surface area contributed by atoms with Gasteiger partial charge in [0.1, 0.15) is 0 Å². The SMILES string of the molecule is CCCCCCCCCCOC(=O)OC.N. The third-order valence-electron chi connectivity index (χ3n) is 2.38. The molecule has 4 nitrogen and oxygen atoms in total. The van der Waals surface area contributed by atoms with Gasteiger partial charge in [0, 0.05) is 0 Å². The maximum atomic E-state index is 10.6. The predicted octanol–water partition coefficient (Wildman–Crippen LogP) is 4.07. The standard InChI is InChI=1S/C12H24O3.H3N/c1-3-4-5-6-7-8-9-10-11-15-12(13)14-2;/h3-11H2,1-2H3;1H3. The molecule has 0 saturated carbocycles. The van der Waals surface area contributed by atoms with Gasteiger partial charge in [0.25, 0.3) is 0 Å². The zero-order chi connectivity index (χ0) is 11.4. The Labute approximate surface area is 99.3 Å². The van der Waals surface area contributed by atoms with Gasteiger partial charge in [0.05, 0.1) is 13.7 Å². The molecule has 0 rings (SSSR count). The molecule has 0 heterocycles. The van der Waals surface area contributed by atoms with Crippen LogP contribution >= 0.6 is 0 Å². The quantitative estimate of drug-likeness (QED) is 0.481. The molecule has 0 atom stereocenters. The molecule has 0 aliphatic carbocycles. The summed E-state index contributed by atoms with van der Waals surface area (Å²) in [6.45, 7) is 2.71. The summed E-state index contributed by atoms with van der Waals surface area (Å²) >= 11 is 0. The average Bonchev–Trinajstić information content (AvgIpc) is 2.26. The second kappa shape index (κ2) is 14.2. The first-order valence-electron chi connectivity index (χ1n) is 6.02. The van der Waals surface area contributed by atoms with E-state index in [0.717, 1.165) is 12.8 Å². The van der Waals surface area contributed by atoms with Gasteiger partial charge in [-0.15, -0.1) is 0 Å². The Morgan fingerprint density at radius 2 is 1.44 bits per heavy atom. The van der Waals surface area contributed by atoms with Crippen molar-refractivity contribution in [3.63, 3.8) is 0 Å². The van der Waals surface area contributed by atoms with Crippen molar-refractivity contribution in [2.24, 2.45) is 0 Å². The van der Waals surface area contributed by atoms with Gasteiger partial charge in [-0.2, -0.15) is 0 Å². The minimum atomic E-state index is -0.571. The van der Waals surface area contributed by atoms with Crippen LogP contribution in [-0.4, -0.2) is 19.9 Å². The maximum absolute atomic E-state index is 10.6. The first-order valence-corrected chi connectivity index (χ1v) is 6.02. The molecule has 0 fully saturated rings. The predicted molar refractivity (Wildman–Crippen MR) is 66.0 cm³/mol. The van der Waals surface area contributed by atoms with Crippen LogP contribution in [0.4, 0.5) is 4.79 Å². The Morgan fingerprint density at radius 1 is 0.938 bits per heavy atom. The second-order valence-corrected chi connectivity index (χ2v) is 3.78. The van der Waals surface area contributed by atoms with Gasteiger partial charge in [-0.1, -0.05) is 51.9 Å². The monoisotopic (exact) mass is 233 g/mol. The van der Waals surface area contributed by atoms with Crippen molar-refractivity contribution in [1.29, 1.82) is 0 Å². The molecule has 0 aromatic rings. The number of carbonyl (C=O) groups excluding carboxylic acids is 1. The Bertz CT molecular complexity index is 151. The lowest BCUT2D eigenvalue weighted by Crippen LogP contribution is -2.05. The summed E-state index contributed by atoms with van der Waals surface area (Å²) in [6.07, 6.45) is 9.41. The van der Waals surface area contributed by atoms with Crippen molar-refractivity contribution in [3.05, 3.63) is 0 Å². The van der Waals surface area contributed by atoms with Crippen LogP contribution in [0, 0.1) is 0 Å². The van der Waals surface area contributed by atoms with Crippen LogP contribution in [0.25, 0.3) is 0 Å². The lowest BCUT2D eigenvalue weighted by Gasteiger charge is -2.03. The van der Waals surface area contributed by atoms with E-state index in [1.807, 2.05) is 0 Å². The molecule has 0 saturated heterocycles. The number of ether oxygens (including phenoxy) is 2. The molecular weight excluding hydrogens is 206 g/mol. The van der Waals surface area contributed by atoms with Crippen molar-refractivity contribution >= 4 is 6.16 Å². The Hall–Kier alpha value is -0.770. The van der Waals surface area contributed by atoms with Gasteiger partial charge in [-0.25, -0.2) is 4.79 Å². The molecule has 0 aromatic heterocycles. The largest absolute Gasteiger partial charge is 0.507 e. The third kappa shape index (κ3) is 13.2. The fraction of sp³-hybridized carbons (Fsp3) is 0.917. The summed E-state index contributed by atoms with van der Waals surface area (Å²) in [5.41, 5.74) is 0. The molecule has 4 heteroatoms. The zero-order valence-corrected chi connectivity index (χ0v) is 10.8. The summed E-state index contributed by atoms with van der Waals surface area (Å²) in [7, 11) is 1.33. The third-order valence-corrected chi connectivity index (χ3v) is 2.38. The van der Waals surface area contributed by atoms with Gasteiger partial charge in [-0.3, -0.25) is 0 Å². The van der Waals surface area contributed by atoms with Crippen LogP contribution in [-0.2, 0) is 9.47 Å². The number of rotatable bonds is 9. The highest BCUT2D eigenvalue weighted by atomic mass is 16.7. The smallest absolute Gasteiger partial charge is 0.438 e. The number of methoxy groups -OCH3 is 1. The summed E-state index contributed by atoms with van der Waals surface area (Å²) in [6, 6.07) is 0. The van der Waals surface area contributed by atoms with Crippen molar-refractivity contribution in [2.75, 3.05) is 13.7 Å². The molecule has 0 bridgehead atoms. The lowest BCUT2D eigenvalue weighted by molar-refractivity contribution is 0.0713. The van der Waals surface area contributed by atoms with Crippen molar-refractivity contribution < 1.29 is 14.3 Å². The van der Waals surface area contributed by atoms with Gasteiger partial charge >= 0.3 is 6.16 Å². The van der Waals surface area contributed by atoms with E-state index in [1.54, 1.807) is 0 Å². The summed E-state index contributed by atoms with van der Waals surface area (Å²) in [5.74, 6) is 0. The first kappa shape index (κ1) is 17.6. The van der Waals surface area contributed by atoms with Gasteiger partial charge in [-0.05, 0) is 6.42 Å². The number of hydrogen-bond acceptors (Lipinski definition) is 4. The lowest BCUT2D eigenvalue weighted by atomic mass is 10.1. The topological polar surface area (TPSA) is 70.5 Å². The Kier molecular flexibility index (Phi) is 15.7. The van der Waals surface area contributed by atoms with E-state index in [0.29, 0.717) is 6.61 Å². The molecule has 0 aliphatic rings. The molecule has 16 heavy (non-hydrogen) atoms. The van der Waals surface area contributed by atoms with E-state index in [2.05, 4.69) is 11.7 Å². The summed E-state index contributed by atoms with van der Waals surface area (Å²) < 4.78 is 9.14. The second-order valence-electron chi connectivity index (χ2n) is 3.78. The molecule has 3 N–H and O–H groups in total. The van der Waals surface area contributed by atoms with Crippen LogP contribution in [0.1, 0.15) is 58.3 Å². The molecule has 98 valence electrons. The normalized spacial score (nSPS) is 9.38. The number of unbranched alkanes of at least 4 members (excludes halogenated alkanes) is 7. The molecule has 0 aromatic carbocycles. The van der Waals surface area contributed by atoms with E-state index in [-0.39, 0.29) is 6.15 Å². The van der Waals surface area contributed by atoms with Crippen LogP contribution in [0.3, 0.4) is 0 Å². The van der Waals surface area contributed by atoms with E-state index >= 15 is 0 Å². The van der Waals surface area contributed by atoms with E-state index < -0.39 is 6.16 Å². The van der Waals surface area contributed by atoms with Crippen molar-refractivity contribution in [3.8, 4) is 0 Å². The minimum Gasteiger partial charge on any atom is -0.438 e. The highest BCUT2D eigenvalue weighted by Crippen LogP contribution is 2.08. The molecular formula is C12H27NO3. The van der Waals surface area contributed by atoms with E-state index in [1.165, 1.54) is 45.6 Å². The fourth-order valence-electron chi connectivity index (χ4n) is 1.45. The first-order chi connectivity index (χ1) is 7.31. The number of carbonyl (C=O) groups is 1. The fourth-order valence-corrected chi connectivity index (χ4v) is 1.45. The Morgan fingerprint density at radius 3 is 1.94 bits per heavy atom. The molecule has 0 aliphatic heterocycles. The minimum absolute atomic E-state index is 0. The van der Waals surface area contributed by atoms with E-state index in [4.69, 9.17) is 4.74 Å².